The van der Waals surface area contributed by atoms with Crippen LogP contribution in [0.4, 0.5) is 4.79 Å². The highest BCUT2D eigenvalue weighted by molar-refractivity contribution is 5.97. The predicted molar refractivity (Wildman–Crippen MR) is 128 cm³/mol. The molecule has 1 atom stereocenters. The molecule has 3 aromatic rings. The maximum absolute atomic E-state index is 12.7. The van der Waals surface area contributed by atoms with E-state index in [0.717, 1.165) is 16.9 Å². The van der Waals surface area contributed by atoms with Gasteiger partial charge in [0.05, 0.1) is 26.1 Å². The highest BCUT2D eigenvalue weighted by atomic mass is 16.5. The largest absolute Gasteiger partial charge is 0.497 e. The molecule has 0 aromatic heterocycles. The highest BCUT2D eigenvalue weighted by Crippen LogP contribution is 2.23. The monoisotopic (exact) mass is 457 g/mol. The first-order chi connectivity index (χ1) is 16.5. The molecule has 1 heterocycles. The lowest BCUT2D eigenvalue weighted by atomic mass is 10.0. The molecule has 0 aliphatic carbocycles. The van der Waals surface area contributed by atoms with E-state index in [1.54, 1.807) is 31.4 Å². The lowest BCUT2D eigenvalue weighted by Gasteiger charge is -2.31. The molecule has 0 spiro atoms. The summed E-state index contributed by atoms with van der Waals surface area (Å²) in [6.45, 7) is 0.600. The van der Waals surface area contributed by atoms with Crippen molar-refractivity contribution >= 4 is 17.8 Å². The van der Waals surface area contributed by atoms with Gasteiger partial charge in [0.1, 0.15) is 5.75 Å². The van der Waals surface area contributed by atoms with E-state index in [1.165, 1.54) is 4.90 Å². The second-order valence-electron chi connectivity index (χ2n) is 8.15. The van der Waals surface area contributed by atoms with Crippen LogP contribution in [-0.4, -0.2) is 36.4 Å². The number of hydrogen-bond donors (Lipinski definition) is 2. The third kappa shape index (κ3) is 5.61. The molecule has 2 N–H and O–H groups in total. The van der Waals surface area contributed by atoms with Gasteiger partial charge in [0, 0.05) is 12.1 Å². The first-order valence-electron chi connectivity index (χ1n) is 11.2. The molecule has 0 bridgehead atoms. The number of urea groups is 1. The summed E-state index contributed by atoms with van der Waals surface area (Å²) in [5.41, 5.74) is 3.19. The molecule has 4 amide bonds. The molecule has 1 unspecified atom stereocenters. The fourth-order valence-electron chi connectivity index (χ4n) is 3.93. The van der Waals surface area contributed by atoms with E-state index in [4.69, 9.17) is 4.74 Å². The van der Waals surface area contributed by atoms with E-state index in [2.05, 4.69) is 10.6 Å². The van der Waals surface area contributed by atoms with Crippen LogP contribution < -0.4 is 15.4 Å². The second-order valence-corrected chi connectivity index (χ2v) is 8.15. The van der Waals surface area contributed by atoms with Gasteiger partial charge in [-0.2, -0.15) is 0 Å². The molecule has 7 heteroatoms. The van der Waals surface area contributed by atoms with Gasteiger partial charge in [-0.3, -0.25) is 14.5 Å². The molecule has 0 saturated carbocycles. The summed E-state index contributed by atoms with van der Waals surface area (Å²) in [4.78, 5) is 39.2. The number of methoxy groups -OCH3 is 1. The number of carbonyl (C=O) groups is 3. The summed E-state index contributed by atoms with van der Waals surface area (Å²) in [6, 6.07) is 23.4. The number of imide groups is 1. The van der Waals surface area contributed by atoms with Crippen molar-refractivity contribution in [3.63, 3.8) is 0 Å². The van der Waals surface area contributed by atoms with Crippen molar-refractivity contribution in [1.82, 2.24) is 15.5 Å². The quantitative estimate of drug-likeness (QED) is 0.538. The molecule has 1 aliphatic rings. The van der Waals surface area contributed by atoms with Crippen LogP contribution in [0.5, 0.6) is 5.75 Å². The van der Waals surface area contributed by atoms with E-state index in [-0.39, 0.29) is 30.8 Å². The number of ether oxygens (including phenoxy) is 1. The summed E-state index contributed by atoms with van der Waals surface area (Å²) in [6.07, 6.45) is 0.891. The Labute approximate surface area is 198 Å². The van der Waals surface area contributed by atoms with Gasteiger partial charge in [-0.1, -0.05) is 54.6 Å². The Kier molecular flexibility index (Phi) is 7.22. The van der Waals surface area contributed by atoms with Crippen LogP contribution in [0, 0.1) is 0 Å². The van der Waals surface area contributed by atoms with Crippen molar-refractivity contribution in [1.29, 1.82) is 0 Å². The third-order valence-electron chi connectivity index (χ3n) is 5.81. The molecule has 4 rings (SSSR count). The van der Waals surface area contributed by atoms with Crippen LogP contribution in [0.1, 0.15) is 39.5 Å². The van der Waals surface area contributed by atoms with Gasteiger partial charge < -0.3 is 15.4 Å². The van der Waals surface area contributed by atoms with Crippen molar-refractivity contribution in [2.75, 3.05) is 13.7 Å². The second kappa shape index (κ2) is 10.7. The average Bonchev–Trinajstić information content (AvgIpc) is 2.87. The SMILES string of the molecule is COc1ccc(CCNC(=O)c2cccc(CN3C(=O)CC(c4ccccc4)NC3=O)c2)cc1. The Morgan fingerprint density at radius 2 is 1.76 bits per heavy atom. The molecule has 174 valence electrons. The van der Waals surface area contributed by atoms with Crippen LogP contribution >= 0.6 is 0 Å². The molecular weight excluding hydrogens is 430 g/mol. The minimum Gasteiger partial charge on any atom is -0.497 e. The number of amides is 4. The van der Waals surface area contributed by atoms with E-state index >= 15 is 0 Å². The zero-order chi connectivity index (χ0) is 23.9. The molecule has 34 heavy (non-hydrogen) atoms. The van der Waals surface area contributed by atoms with Crippen molar-refractivity contribution in [3.05, 3.63) is 101 Å². The Balaban J connectivity index is 1.33. The molecule has 1 aliphatic heterocycles. The maximum Gasteiger partial charge on any atom is 0.324 e. The van der Waals surface area contributed by atoms with Gasteiger partial charge in [0.2, 0.25) is 5.91 Å². The maximum atomic E-state index is 12.7. The van der Waals surface area contributed by atoms with E-state index in [9.17, 15) is 14.4 Å². The Morgan fingerprint density at radius 3 is 2.47 bits per heavy atom. The van der Waals surface area contributed by atoms with Gasteiger partial charge in [-0.25, -0.2) is 4.79 Å². The van der Waals surface area contributed by atoms with Gasteiger partial charge in [-0.05, 0) is 47.4 Å². The molecule has 1 fully saturated rings. The highest BCUT2D eigenvalue weighted by Gasteiger charge is 2.32. The van der Waals surface area contributed by atoms with E-state index in [1.807, 2.05) is 54.6 Å². The molecule has 7 nitrogen and oxygen atoms in total. The third-order valence-corrected chi connectivity index (χ3v) is 5.81. The van der Waals surface area contributed by atoms with Crippen LogP contribution in [0.2, 0.25) is 0 Å². The summed E-state index contributed by atoms with van der Waals surface area (Å²) < 4.78 is 5.15. The number of benzene rings is 3. The van der Waals surface area contributed by atoms with Crippen molar-refractivity contribution < 1.29 is 19.1 Å². The normalized spacial score (nSPS) is 15.6. The fourth-order valence-corrected chi connectivity index (χ4v) is 3.93. The zero-order valence-corrected chi connectivity index (χ0v) is 19.0. The molecule has 3 aromatic carbocycles. The number of carbonyl (C=O) groups excluding carboxylic acids is 3. The Morgan fingerprint density at radius 1 is 1.00 bits per heavy atom. The minimum absolute atomic E-state index is 0.110. The topological polar surface area (TPSA) is 87.7 Å². The number of hydrogen-bond acceptors (Lipinski definition) is 4. The van der Waals surface area contributed by atoms with Crippen LogP contribution in [0.15, 0.2) is 78.9 Å². The number of nitrogens with zero attached hydrogens (tertiary/aromatic N) is 1. The first kappa shape index (κ1) is 23.0. The van der Waals surface area contributed by atoms with Gasteiger partial charge in [0.15, 0.2) is 0 Å². The molecular formula is C27H27N3O4. The standard InChI is InChI=1S/C27H27N3O4/c1-34-23-12-10-19(11-13-23)14-15-28-26(32)22-9-5-6-20(16-22)18-30-25(31)17-24(29-27(30)33)21-7-3-2-4-8-21/h2-13,16,24H,14-15,17-18H2,1H3,(H,28,32)(H,29,33). The van der Waals surface area contributed by atoms with E-state index in [0.29, 0.717) is 24.1 Å². The van der Waals surface area contributed by atoms with Gasteiger partial charge in [0.25, 0.3) is 5.91 Å². The summed E-state index contributed by atoms with van der Waals surface area (Å²) >= 11 is 0. The number of rotatable bonds is 8. The summed E-state index contributed by atoms with van der Waals surface area (Å²) in [5.74, 6) is 0.349. The Bertz CT molecular complexity index is 1140. The average molecular weight is 458 g/mol. The van der Waals surface area contributed by atoms with Crippen LogP contribution in [0.25, 0.3) is 0 Å². The predicted octanol–water partition coefficient (Wildman–Crippen LogP) is 3.85. The summed E-state index contributed by atoms with van der Waals surface area (Å²) in [7, 11) is 1.62. The zero-order valence-electron chi connectivity index (χ0n) is 19.0. The van der Waals surface area contributed by atoms with Crippen LogP contribution in [-0.2, 0) is 17.8 Å². The minimum atomic E-state index is -0.431. The lowest BCUT2D eigenvalue weighted by Crippen LogP contribution is -2.50. The molecule has 0 radical (unpaired) electrons. The summed E-state index contributed by atoms with van der Waals surface area (Å²) in [5, 5.41) is 5.82. The first-order valence-corrected chi connectivity index (χ1v) is 11.2. The molecule has 1 saturated heterocycles. The van der Waals surface area contributed by atoms with Crippen LogP contribution in [0.3, 0.4) is 0 Å². The smallest absolute Gasteiger partial charge is 0.324 e. The van der Waals surface area contributed by atoms with Crippen molar-refractivity contribution in [2.45, 2.75) is 25.4 Å². The Hall–Kier alpha value is -4.13. The number of nitrogens with one attached hydrogen (secondary N) is 2. The van der Waals surface area contributed by atoms with Gasteiger partial charge in [-0.15, -0.1) is 0 Å². The van der Waals surface area contributed by atoms with Crippen molar-refractivity contribution in [2.24, 2.45) is 0 Å². The van der Waals surface area contributed by atoms with Gasteiger partial charge >= 0.3 is 6.03 Å². The van der Waals surface area contributed by atoms with E-state index < -0.39 is 6.03 Å². The fraction of sp³-hybridized carbons (Fsp3) is 0.222. The van der Waals surface area contributed by atoms with Crippen molar-refractivity contribution in [3.8, 4) is 5.75 Å². The lowest BCUT2D eigenvalue weighted by molar-refractivity contribution is -0.130.